The van der Waals surface area contributed by atoms with Gasteiger partial charge in [0.15, 0.2) is 0 Å². The molecule has 5 N–H and O–H groups in total. The number of amides is 1. The largest absolute Gasteiger partial charge is 0.464 e. The maximum Gasteiger partial charge on any atom is 0.418 e. The molecule has 1 heterocycles. The highest BCUT2D eigenvalue weighted by Gasteiger charge is 2.04. The lowest BCUT2D eigenvalue weighted by atomic mass is 10.3. The summed E-state index contributed by atoms with van der Waals surface area (Å²) in [6.45, 7) is 5.72. The molecule has 0 radical (unpaired) electrons. The van der Waals surface area contributed by atoms with Crippen LogP contribution in [0.1, 0.15) is 19.8 Å². The molecule has 6 heteroatoms. The highest BCUT2D eigenvalue weighted by atomic mass is 16.4. The second-order valence-electron chi connectivity index (χ2n) is 2.64. The maximum atomic E-state index is 9.13. The van der Waals surface area contributed by atoms with Gasteiger partial charge in [-0.15, -0.1) is 0 Å². The van der Waals surface area contributed by atoms with Crippen LogP contribution in [-0.2, 0) is 0 Å². The summed E-state index contributed by atoms with van der Waals surface area (Å²) in [6.07, 6.45) is 1.49. The van der Waals surface area contributed by atoms with Crippen LogP contribution in [0.3, 0.4) is 0 Å². The Balaban J connectivity index is 0.000000252. The Morgan fingerprint density at radius 1 is 1.69 bits per heavy atom. The molecule has 0 aromatic heterocycles. The van der Waals surface area contributed by atoms with Gasteiger partial charge in [0, 0.05) is 19.6 Å². The summed E-state index contributed by atoms with van der Waals surface area (Å²) >= 11 is 0. The van der Waals surface area contributed by atoms with E-state index in [4.69, 9.17) is 9.90 Å². The molecule has 0 aromatic rings. The average molecular weight is 190 g/mol. The fourth-order valence-electron chi connectivity index (χ4n) is 1.01. The molecule has 0 saturated carbocycles. The van der Waals surface area contributed by atoms with E-state index in [1.54, 1.807) is 0 Å². The van der Waals surface area contributed by atoms with E-state index in [1.165, 1.54) is 31.4 Å². The number of rotatable bonds is 1. The molecule has 0 bridgehead atoms. The SMILES string of the molecule is CCN1CCCCN1.NNC(=O)O. The third-order valence-corrected chi connectivity index (χ3v) is 1.70. The number of carbonyl (C=O) groups is 1. The first-order chi connectivity index (χ1) is 6.20. The summed E-state index contributed by atoms with van der Waals surface area (Å²) in [5.74, 6) is 4.32. The summed E-state index contributed by atoms with van der Waals surface area (Å²) in [6, 6.07) is 0. The van der Waals surface area contributed by atoms with Gasteiger partial charge in [-0.3, -0.25) is 10.9 Å². The van der Waals surface area contributed by atoms with E-state index in [9.17, 15) is 0 Å². The van der Waals surface area contributed by atoms with Gasteiger partial charge in [0.05, 0.1) is 0 Å². The number of hydrazine groups is 2. The van der Waals surface area contributed by atoms with Gasteiger partial charge in [-0.2, -0.15) is 0 Å². The molecule has 0 unspecified atom stereocenters. The van der Waals surface area contributed by atoms with Crippen molar-refractivity contribution in [3.8, 4) is 0 Å². The molecule has 0 aliphatic carbocycles. The summed E-state index contributed by atoms with van der Waals surface area (Å²) in [5, 5.41) is 9.75. The van der Waals surface area contributed by atoms with Crippen LogP contribution >= 0.6 is 0 Å². The molecule has 0 aromatic carbocycles. The highest BCUT2D eigenvalue weighted by Crippen LogP contribution is 1.96. The lowest BCUT2D eigenvalue weighted by molar-refractivity contribution is 0.162. The van der Waals surface area contributed by atoms with Crippen LogP contribution in [0.2, 0.25) is 0 Å². The zero-order valence-electron chi connectivity index (χ0n) is 7.92. The number of hydrogen-bond acceptors (Lipinski definition) is 4. The Morgan fingerprint density at radius 3 is 2.54 bits per heavy atom. The van der Waals surface area contributed by atoms with Gasteiger partial charge in [0.2, 0.25) is 0 Å². The van der Waals surface area contributed by atoms with Crippen LogP contribution < -0.4 is 16.7 Å². The smallest absolute Gasteiger partial charge is 0.418 e. The first kappa shape index (κ1) is 12.2. The molecule has 0 atom stereocenters. The van der Waals surface area contributed by atoms with E-state index in [2.05, 4.69) is 23.2 Å². The summed E-state index contributed by atoms with van der Waals surface area (Å²) < 4.78 is 0. The summed E-state index contributed by atoms with van der Waals surface area (Å²) in [7, 11) is 0. The van der Waals surface area contributed by atoms with Crippen LogP contribution in [0.25, 0.3) is 0 Å². The lowest BCUT2D eigenvalue weighted by Crippen LogP contribution is -2.42. The number of nitrogens with two attached hydrogens (primary N) is 1. The predicted octanol–water partition coefficient (Wildman–Crippen LogP) is -0.266. The minimum absolute atomic E-state index is 1.14. The van der Waals surface area contributed by atoms with Crippen molar-refractivity contribution in [3.05, 3.63) is 0 Å². The predicted molar refractivity (Wildman–Crippen MR) is 49.8 cm³/mol. The average Bonchev–Trinajstić information content (AvgIpc) is 2.20. The van der Waals surface area contributed by atoms with Gasteiger partial charge in [-0.1, -0.05) is 6.92 Å². The lowest BCUT2D eigenvalue weighted by Gasteiger charge is -2.25. The van der Waals surface area contributed by atoms with Gasteiger partial charge in [-0.05, 0) is 12.8 Å². The Bertz CT molecular complexity index is 136. The van der Waals surface area contributed by atoms with Crippen LogP contribution in [0, 0.1) is 0 Å². The van der Waals surface area contributed by atoms with Gasteiger partial charge in [0.25, 0.3) is 0 Å². The molecule has 1 aliphatic heterocycles. The third-order valence-electron chi connectivity index (χ3n) is 1.70. The van der Waals surface area contributed by atoms with Crippen molar-refractivity contribution in [2.24, 2.45) is 5.84 Å². The van der Waals surface area contributed by atoms with Crippen molar-refractivity contribution < 1.29 is 9.90 Å². The number of carboxylic acid groups (broad SMARTS) is 1. The maximum absolute atomic E-state index is 9.13. The van der Waals surface area contributed by atoms with Crippen molar-refractivity contribution in [1.82, 2.24) is 15.9 Å². The number of nitrogens with zero attached hydrogens (tertiary/aromatic N) is 1. The van der Waals surface area contributed by atoms with Crippen molar-refractivity contribution in [3.63, 3.8) is 0 Å². The van der Waals surface area contributed by atoms with Crippen molar-refractivity contribution in [2.75, 3.05) is 19.6 Å². The van der Waals surface area contributed by atoms with Crippen LogP contribution in [0.5, 0.6) is 0 Å². The fourth-order valence-corrected chi connectivity index (χ4v) is 1.01. The van der Waals surface area contributed by atoms with Gasteiger partial charge >= 0.3 is 6.09 Å². The Labute approximate surface area is 78.0 Å². The van der Waals surface area contributed by atoms with E-state index < -0.39 is 6.09 Å². The minimum atomic E-state index is -1.22. The minimum Gasteiger partial charge on any atom is -0.464 e. The molecule has 1 fully saturated rings. The van der Waals surface area contributed by atoms with E-state index in [0.717, 1.165) is 6.54 Å². The molecule has 1 saturated heterocycles. The molecule has 0 spiro atoms. The molecule has 13 heavy (non-hydrogen) atoms. The number of hydrogen-bond donors (Lipinski definition) is 4. The first-order valence-electron chi connectivity index (χ1n) is 4.38. The van der Waals surface area contributed by atoms with E-state index >= 15 is 0 Å². The third kappa shape index (κ3) is 7.51. The second-order valence-corrected chi connectivity index (χ2v) is 2.64. The van der Waals surface area contributed by atoms with Gasteiger partial charge in [-0.25, -0.2) is 15.6 Å². The molecule has 6 nitrogen and oxygen atoms in total. The summed E-state index contributed by atoms with van der Waals surface area (Å²) in [4.78, 5) is 9.13. The quantitative estimate of drug-likeness (QED) is 0.260. The molecular weight excluding hydrogens is 172 g/mol. The normalized spacial score (nSPS) is 17.1. The molecule has 1 aliphatic rings. The first-order valence-corrected chi connectivity index (χ1v) is 4.38. The standard InChI is InChI=1S/C6H14N2.CH4N2O2/c1-2-8-6-4-3-5-7-8;2-3-1(4)5/h7H,2-6H2,1H3;3H,2H2,(H,4,5). The molecule has 78 valence electrons. The Morgan fingerprint density at radius 2 is 2.31 bits per heavy atom. The van der Waals surface area contributed by atoms with Crippen molar-refractivity contribution >= 4 is 6.09 Å². The molecule has 1 rings (SSSR count). The van der Waals surface area contributed by atoms with Crippen molar-refractivity contribution in [1.29, 1.82) is 0 Å². The highest BCUT2D eigenvalue weighted by molar-refractivity contribution is 5.63. The Hall–Kier alpha value is -0.850. The summed E-state index contributed by atoms with van der Waals surface area (Å²) in [5.41, 5.74) is 4.75. The second kappa shape index (κ2) is 7.78. The van der Waals surface area contributed by atoms with Crippen LogP contribution in [-0.4, -0.2) is 35.8 Å². The molecular formula is C7H18N4O2. The van der Waals surface area contributed by atoms with E-state index in [0.29, 0.717) is 0 Å². The van der Waals surface area contributed by atoms with E-state index in [-0.39, 0.29) is 0 Å². The Kier molecular flexibility index (Phi) is 7.27. The van der Waals surface area contributed by atoms with Gasteiger partial charge < -0.3 is 5.11 Å². The molecule has 1 amide bonds. The number of nitrogens with one attached hydrogen (secondary N) is 2. The van der Waals surface area contributed by atoms with E-state index in [1.807, 2.05) is 0 Å². The fraction of sp³-hybridized carbons (Fsp3) is 0.857. The van der Waals surface area contributed by atoms with Crippen LogP contribution in [0.15, 0.2) is 0 Å². The topological polar surface area (TPSA) is 90.6 Å². The van der Waals surface area contributed by atoms with Crippen LogP contribution in [0.4, 0.5) is 4.79 Å². The monoisotopic (exact) mass is 190 g/mol. The zero-order valence-corrected chi connectivity index (χ0v) is 7.92. The van der Waals surface area contributed by atoms with Crippen molar-refractivity contribution in [2.45, 2.75) is 19.8 Å². The van der Waals surface area contributed by atoms with Gasteiger partial charge in [0.1, 0.15) is 0 Å². The zero-order chi connectivity index (χ0) is 10.1.